The van der Waals surface area contributed by atoms with E-state index in [0.29, 0.717) is 16.8 Å². The average Bonchev–Trinajstić information content (AvgIpc) is 2.81. The molecule has 0 radical (unpaired) electrons. The number of H-pyrrole nitrogens is 1. The fraction of sp³-hybridized carbons (Fsp3) is 0.167. The number of nitrogens with one attached hydrogen (secondary N) is 1. The van der Waals surface area contributed by atoms with Gasteiger partial charge >= 0.3 is 0 Å². The number of aromatic nitrogens is 2. The summed E-state index contributed by atoms with van der Waals surface area (Å²) in [7, 11) is 1.60. The van der Waals surface area contributed by atoms with E-state index >= 15 is 0 Å². The van der Waals surface area contributed by atoms with E-state index in [9.17, 15) is 9.18 Å². The molecule has 6 heteroatoms. The first-order valence-electron chi connectivity index (χ1n) is 5.26. The van der Waals surface area contributed by atoms with Crippen LogP contribution in [0, 0.1) is 5.82 Å². The lowest BCUT2D eigenvalue weighted by molar-refractivity contribution is 0.0777. The first-order chi connectivity index (χ1) is 8.58. The molecule has 0 saturated carbocycles. The Bertz CT molecular complexity index is 556. The third-order valence-corrected chi connectivity index (χ3v) is 2.94. The normalized spacial score (nSPS) is 10.4. The molecule has 0 fully saturated rings. The van der Waals surface area contributed by atoms with Crippen molar-refractivity contribution in [2.24, 2.45) is 0 Å². The minimum atomic E-state index is -0.541. The number of amides is 1. The van der Waals surface area contributed by atoms with Crippen molar-refractivity contribution in [2.45, 2.75) is 6.54 Å². The highest BCUT2D eigenvalue weighted by molar-refractivity contribution is 9.10. The van der Waals surface area contributed by atoms with Crippen LogP contribution < -0.4 is 0 Å². The van der Waals surface area contributed by atoms with Crippen LogP contribution in [-0.2, 0) is 6.54 Å². The van der Waals surface area contributed by atoms with E-state index < -0.39 is 5.82 Å². The second kappa shape index (κ2) is 5.30. The molecule has 2 aromatic rings. The van der Waals surface area contributed by atoms with Crippen molar-refractivity contribution in [1.29, 1.82) is 0 Å². The van der Waals surface area contributed by atoms with E-state index in [4.69, 9.17) is 0 Å². The van der Waals surface area contributed by atoms with E-state index in [1.54, 1.807) is 25.5 Å². The van der Waals surface area contributed by atoms with E-state index in [2.05, 4.69) is 25.9 Å². The fourth-order valence-electron chi connectivity index (χ4n) is 1.55. The molecule has 1 N–H and O–H groups in total. The molecule has 1 heterocycles. The third kappa shape index (κ3) is 2.76. The van der Waals surface area contributed by atoms with Crippen LogP contribution in [0.25, 0.3) is 0 Å². The number of hydrogen-bond donors (Lipinski definition) is 1. The lowest BCUT2D eigenvalue weighted by Gasteiger charge is -2.16. The zero-order chi connectivity index (χ0) is 13.1. The van der Waals surface area contributed by atoms with Gasteiger partial charge in [0.05, 0.1) is 12.1 Å². The predicted molar refractivity (Wildman–Crippen MR) is 68.5 cm³/mol. The minimum Gasteiger partial charge on any atom is -0.347 e. The number of nitrogens with zero attached hydrogens (tertiary/aromatic N) is 2. The standard InChI is InChI=1S/C12H11BrFN3O/c1-17(7-11-15-4-5-16-11)12(18)9-3-2-8(13)6-10(9)14/h2-6H,7H2,1H3,(H,15,16). The number of halogens is 2. The number of rotatable bonds is 3. The Morgan fingerprint density at radius 2 is 2.33 bits per heavy atom. The highest BCUT2D eigenvalue weighted by Crippen LogP contribution is 2.17. The monoisotopic (exact) mass is 311 g/mol. The lowest BCUT2D eigenvalue weighted by atomic mass is 10.2. The Morgan fingerprint density at radius 1 is 1.56 bits per heavy atom. The first-order valence-corrected chi connectivity index (χ1v) is 6.06. The molecule has 0 aliphatic carbocycles. The molecule has 18 heavy (non-hydrogen) atoms. The van der Waals surface area contributed by atoms with E-state index in [-0.39, 0.29) is 11.5 Å². The van der Waals surface area contributed by atoms with Crippen molar-refractivity contribution in [3.8, 4) is 0 Å². The molecule has 4 nitrogen and oxygen atoms in total. The largest absolute Gasteiger partial charge is 0.347 e. The van der Waals surface area contributed by atoms with Crippen LogP contribution in [0.2, 0.25) is 0 Å². The van der Waals surface area contributed by atoms with Gasteiger partial charge in [0.15, 0.2) is 0 Å². The second-order valence-electron chi connectivity index (χ2n) is 3.82. The summed E-state index contributed by atoms with van der Waals surface area (Å²) in [5.41, 5.74) is 0.0484. The van der Waals surface area contributed by atoms with Gasteiger partial charge in [-0.2, -0.15) is 0 Å². The number of imidazole rings is 1. The van der Waals surface area contributed by atoms with Crippen molar-refractivity contribution in [2.75, 3.05) is 7.05 Å². The minimum absolute atomic E-state index is 0.0484. The summed E-state index contributed by atoms with van der Waals surface area (Å²) in [6, 6.07) is 4.37. The number of carbonyl (C=O) groups excluding carboxylic acids is 1. The summed E-state index contributed by atoms with van der Waals surface area (Å²) in [4.78, 5) is 20.3. The SMILES string of the molecule is CN(Cc1ncc[nH]1)C(=O)c1ccc(Br)cc1F. The summed E-state index contributed by atoms with van der Waals surface area (Å²) in [6.45, 7) is 0.307. The Kier molecular flexibility index (Phi) is 3.76. The van der Waals surface area contributed by atoms with Crippen molar-refractivity contribution in [3.63, 3.8) is 0 Å². The highest BCUT2D eigenvalue weighted by atomic mass is 79.9. The Balaban J connectivity index is 2.15. The Morgan fingerprint density at radius 3 is 2.94 bits per heavy atom. The first kappa shape index (κ1) is 12.8. The molecule has 0 aliphatic rings. The van der Waals surface area contributed by atoms with Crippen molar-refractivity contribution in [1.82, 2.24) is 14.9 Å². The lowest BCUT2D eigenvalue weighted by Crippen LogP contribution is -2.27. The number of benzene rings is 1. The molecule has 0 saturated heterocycles. The Labute approximate surface area is 112 Å². The van der Waals surface area contributed by atoms with Gasteiger partial charge in [0.25, 0.3) is 5.91 Å². The van der Waals surface area contributed by atoms with Crippen molar-refractivity contribution in [3.05, 3.63) is 52.3 Å². The van der Waals surface area contributed by atoms with Gasteiger partial charge in [-0.25, -0.2) is 9.37 Å². The van der Waals surface area contributed by atoms with Crippen LogP contribution in [0.5, 0.6) is 0 Å². The van der Waals surface area contributed by atoms with Crippen LogP contribution >= 0.6 is 15.9 Å². The second-order valence-corrected chi connectivity index (χ2v) is 4.74. The molecule has 1 aromatic heterocycles. The van der Waals surface area contributed by atoms with Gasteiger partial charge in [-0.05, 0) is 18.2 Å². The molecule has 0 spiro atoms. The van der Waals surface area contributed by atoms with Gasteiger partial charge in [-0.3, -0.25) is 4.79 Å². The molecule has 1 amide bonds. The van der Waals surface area contributed by atoms with Crippen LogP contribution in [0.3, 0.4) is 0 Å². The fourth-order valence-corrected chi connectivity index (χ4v) is 1.88. The summed E-state index contributed by atoms with van der Waals surface area (Å²) < 4.78 is 14.2. The molecule has 0 bridgehead atoms. The highest BCUT2D eigenvalue weighted by Gasteiger charge is 2.17. The smallest absolute Gasteiger partial charge is 0.256 e. The summed E-state index contributed by atoms with van der Waals surface area (Å²) in [6.07, 6.45) is 3.28. The number of carbonyl (C=O) groups is 1. The van der Waals surface area contributed by atoms with Gasteiger partial charge in [-0.15, -0.1) is 0 Å². The van der Waals surface area contributed by atoms with Gasteiger partial charge < -0.3 is 9.88 Å². The zero-order valence-electron chi connectivity index (χ0n) is 9.65. The van der Waals surface area contributed by atoms with Gasteiger partial charge in [-0.1, -0.05) is 15.9 Å². The molecular formula is C12H11BrFN3O. The van der Waals surface area contributed by atoms with Gasteiger partial charge in [0.1, 0.15) is 11.6 Å². The maximum absolute atomic E-state index is 13.6. The van der Waals surface area contributed by atoms with E-state index in [0.717, 1.165) is 0 Å². The van der Waals surface area contributed by atoms with E-state index in [1.807, 2.05) is 0 Å². The molecule has 94 valence electrons. The summed E-state index contributed by atoms with van der Waals surface area (Å²) in [5, 5.41) is 0. The van der Waals surface area contributed by atoms with Gasteiger partial charge in [0.2, 0.25) is 0 Å². The predicted octanol–water partition coefficient (Wildman–Crippen LogP) is 2.58. The number of aromatic amines is 1. The molecule has 1 aromatic carbocycles. The van der Waals surface area contributed by atoms with Crippen LogP contribution in [0.1, 0.15) is 16.2 Å². The molecule has 0 unspecified atom stereocenters. The van der Waals surface area contributed by atoms with Crippen LogP contribution in [0.4, 0.5) is 4.39 Å². The van der Waals surface area contributed by atoms with Crippen molar-refractivity contribution < 1.29 is 9.18 Å². The maximum Gasteiger partial charge on any atom is 0.256 e. The molecule has 2 rings (SSSR count). The third-order valence-electron chi connectivity index (χ3n) is 2.45. The molecular weight excluding hydrogens is 301 g/mol. The Hall–Kier alpha value is -1.69. The topological polar surface area (TPSA) is 49.0 Å². The molecule has 0 aliphatic heterocycles. The maximum atomic E-state index is 13.6. The van der Waals surface area contributed by atoms with Crippen LogP contribution in [-0.4, -0.2) is 27.8 Å². The number of hydrogen-bond acceptors (Lipinski definition) is 2. The zero-order valence-corrected chi connectivity index (χ0v) is 11.2. The quantitative estimate of drug-likeness (QED) is 0.947. The average molecular weight is 312 g/mol. The van der Waals surface area contributed by atoms with Crippen LogP contribution in [0.15, 0.2) is 35.1 Å². The van der Waals surface area contributed by atoms with E-state index in [1.165, 1.54) is 17.0 Å². The summed E-state index contributed by atoms with van der Waals surface area (Å²) in [5.74, 6) is -0.263. The van der Waals surface area contributed by atoms with Gasteiger partial charge in [0, 0.05) is 23.9 Å². The van der Waals surface area contributed by atoms with Crippen molar-refractivity contribution >= 4 is 21.8 Å². The molecule has 0 atom stereocenters. The summed E-state index contributed by atoms with van der Waals surface area (Å²) >= 11 is 3.15.